The van der Waals surface area contributed by atoms with Crippen molar-refractivity contribution in [1.29, 1.82) is 0 Å². The standard InChI is InChI=1S/C26H28N4O3S2.ClH/c1-3-29(4-2)17-18-30(26-27-23-15-8-9-16-24(23)34-26)25(31)20-11-10-12-21(19-20)28-35(32,33)22-13-6-5-7-14-22;/h5-16,19,28H,3-4,17-18H2,1-2H3;1H. The maximum Gasteiger partial charge on any atom is 0.261 e. The predicted octanol–water partition coefficient (Wildman–Crippen LogP) is 5.51. The van der Waals surface area contributed by atoms with Crippen LogP contribution in [-0.2, 0) is 10.0 Å². The molecule has 0 saturated heterocycles. The number of halogens is 1. The van der Waals surface area contributed by atoms with Crippen LogP contribution in [-0.4, -0.2) is 50.4 Å². The van der Waals surface area contributed by atoms with Gasteiger partial charge in [0.1, 0.15) is 0 Å². The number of aromatic nitrogens is 1. The lowest BCUT2D eigenvalue weighted by atomic mass is 10.2. The van der Waals surface area contributed by atoms with Crippen molar-refractivity contribution in [3.05, 3.63) is 84.4 Å². The number of benzene rings is 3. The maximum absolute atomic E-state index is 13.7. The van der Waals surface area contributed by atoms with Gasteiger partial charge in [-0.2, -0.15) is 0 Å². The quantitative estimate of drug-likeness (QED) is 0.285. The second kappa shape index (κ2) is 12.3. The summed E-state index contributed by atoms with van der Waals surface area (Å²) < 4.78 is 29.1. The Kier molecular flexibility index (Phi) is 9.44. The third-order valence-corrected chi connectivity index (χ3v) is 8.16. The highest BCUT2D eigenvalue weighted by atomic mass is 35.5. The molecular formula is C26H29ClN4O3S2. The molecule has 3 aromatic carbocycles. The number of thiazole rings is 1. The number of nitrogens with one attached hydrogen (secondary N) is 1. The number of nitrogens with zero attached hydrogens (tertiary/aromatic N) is 3. The summed E-state index contributed by atoms with van der Waals surface area (Å²) in [5.74, 6) is -0.225. The van der Waals surface area contributed by atoms with Gasteiger partial charge in [-0.25, -0.2) is 13.4 Å². The van der Waals surface area contributed by atoms with Gasteiger partial charge in [-0.3, -0.25) is 14.4 Å². The molecule has 0 atom stereocenters. The Labute approximate surface area is 222 Å². The van der Waals surface area contributed by atoms with E-state index in [9.17, 15) is 13.2 Å². The Balaban J connectivity index is 0.00000361. The highest BCUT2D eigenvalue weighted by Crippen LogP contribution is 2.30. The first-order valence-corrected chi connectivity index (χ1v) is 13.8. The second-order valence-electron chi connectivity index (χ2n) is 7.95. The summed E-state index contributed by atoms with van der Waals surface area (Å²) in [4.78, 5) is 22.5. The molecule has 0 bridgehead atoms. The molecule has 0 saturated carbocycles. The third kappa shape index (κ3) is 6.41. The first-order valence-electron chi connectivity index (χ1n) is 11.5. The first kappa shape index (κ1) is 27.6. The van der Waals surface area contributed by atoms with E-state index in [2.05, 4.69) is 23.5 Å². The Bertz CT molecular complexity index is 1370. The fraction of sp³-hybridized carbons (Fsp3) is 0.231. The van der Waals surface area contributed by atoms with E-state index in [0.717, 1.165) is 23.3 Å². The molecule has 1 heterocycles. The number of likely N-dealkylation sites (N-methyl/N-ethyl adjacent to an activating group) is 1. The molecule has 0 aliphatic carbocycles. The van der Waals surface area contributed by atoms with E-state index in [1.54, 1.807) is 47.4 Å². The van der Waals surface area contributed by atoms with Crippen molar-refractivity contribution in [3.8, 4) is 0 Å². The van der Waals surface area contributed by atoms with Crippen LogP contribution in [0.25, 0.3) is 10.2 Å². The van der Waals surface area contributed by atoms with Gasteiger partial charge in [-0.1, -0.05) is 61.6 Å². The summed E-state index contributed by atoms with van der Waals surface area (Å²) in [5, 5.41) is 0.624. The summed E-state index contributed by atoms with van der Waals surface area (Å²) in [6.07, 6.45) is 0. The SMILES string of the molecule is CCN(CC)CCN(C(=O)c1cccc(NS(=O)(=O)c2ccccc2)c1)c1nc2ccccc2s1.Cl. The van der Waals surface area contributed by atoms with Crippen LogP contribution < -0.4 is 9.62 Å². The van der Waals surface area contributed by atoms with Crippen LogP contribution >= 0.6 is 23.7 Å². The molecule has 1 aromatic heterocycles. The number of amides is 1. The predicted molar refractivity (Wildman–Crippen MR) is 150 cm³/mol. The molecule has 4 rings (SSSR count). The minimum atomic E-state index is -3.77. The van der Waals surface area contributed by atoms with Crippen LogP contribution in [0.4, 0.5) is 10.8 Å². The molecule has 190 valence electrons. The van der Waals surface area contributed by atoms with Crippen molar-refractivity contribution in [3.63, 3.8) is 0 Å². The number of hydrogen-bond donors (Lipinski definition) is 1. The zero-order chi connectivity index (χ0) is 24.8. The molecule has 36 heavy (non-hydrogen) atoms. The van der Waals surface area contributed by atoms with Gasteiger partial charge in [0.15, 0.2) is 5.13 Å². The number of carbonyl (C=O) groups excluding carboxylic acids is 1. The number of para-hydroxylation sites is 1. The number of carbonyl (C=O) groups is 1. The Morgan fingerprint density at radius 1 is 0.917 bits per heavy atom. The van der Waals surface area contributed by atoms with E-state index in [1.807, 2.05) is 24.3 Å². The lowest BCUT2D eigenvalue weighted by molar-refractivity contribution is 0.0984. The highest BCUT2D eigenvalue weighted by Gasteiger charge is 2.23. The van der Waals surface area contributed by atoms with E-state index in [0.29, 0.717) is 29.5 Å². The van der Waals surface area contributed by atoms with Crippen molar-refractivity contribution in [1.82, 2.24) is 9.88 Å². The highest BCUT2D eigenvalue weighted by molar-refractivity contribution is 7.92. The van der Waals surface area contributed by atoms with Gasteiger partial charge < -0.3 is 4.90 Å². The average Bonchev–Trinajstić information content (AvgIpc) is 3.31. The van der Waals surface area contributed by atoms with Crippen molar-refractivity contribution in [2.45, 2.75) is 18.7 Å². The third-order valence-electron chi connectivity index (χ3n) is 5.71. The molecule has 4 aromatic rings. The lowest BCUT2D eigenvalue weighted by Gasteiger charge is -2.25. The summed E-state index contributed by atoms with van der Waals surface area (Å²) in [5.41, 5.74) is 1.56. The Hall–Kier alpha value is -2.98. The summed E-state index contributed by atoms with van der Waals surface area (Å²) in [7, 11) is -3.77. The Morgan fingerprint density at radius 3 is 2.31 bits per heavy atom. The maximum atomic E-state index is 13.7. The van der Waals surface area contributed by atoms with Gasteiger partial charge in [0.25, 0.3) is 15.9 Å². The van der Waals surface area contributed by atoms with Crippen molar-refractivity contribution in [2.75, 3.05) is 35.8 Å². The minimum Gasteiger partial charge on any atom is -0.302 e. The zero-order valence-electron chi connectivity index (χ0n) is 20.1. The number of sulfonamides is 1. The van der Waals surface area contributed by atoms with Gasteiger partial charge in [-0.05, 0) is 55.6 Å². The molecule has 0 aliphatic rings. The van der Waals surface area contributed by atoms with Crippen molar-refractivity contribution < 1.29 is 13.2 Å². The number of anilines is 2. The van der Waals surface area contributed by atoms with Gasteiger partial charge in [-0.15, -0.1) is 12.4 Å². The fourth-order valence-corrected chi connectivity index (χ4v) is 5.79. The van der Waals surface area contributed by atoms with Crippen LogP contribution in [0.1, 0.15) is 24.2 Å². The van der Waals surface area contributed by atoms with Crippen LogP contribution in [0, 0.1) is 0 Å². The lowest BCUT2D eigenvalue weighted by Crippen LogP contribution is -2.38. The largest absolute Gasteiger partial charge is 0.302 e. The molecular weight excluding hydrogens is 516 g/mol. The van der Waals surface area contributed by atoms with Crippen LogP contribution in [0.2, 0.25) is 0 Å². The smallest absolute Gasteiger partial charge is 0.261 e. The summed E-state index contributed by atoms with van der Waals surface area (Å²) in [6, 6.07) is 22.5. The van der Waals surface area contributed by atoms with E-state index in [4.69, 9.17) is 4.98 Å². The van der Waals surface area contributed by atoms with Gasteiger partial charge in [0.05, 0.1) is 15.1 Å². The minimum absolute atomic E-state index is 0. The number of fused-ring (bicyclic) bond motifs is 1. The van der Waals surface area contributed by atoms with E-state index >= 15 is 0 Å². The van der Waals surface area contributed by atoms with Crippen molar-refractivity contribution >= 4 is 60.7 Å². The molecule has 0 radical (unpaired) electrons. The van der Waals surface area contributed by atoms with E-state index < -0.39 is 10.0 Å². The monoisotopic (exact) mass is 544 g/mol. The number of hydrogen-bond acceptors (Lipinski definition) is 6. The molecule has 0 aliphatic heterocycles. The second-order valence-corrected chi connectivity index (χ2v) is 10.6. The number of rotatable bonds is 10. The van der Waals surface area contributed by atoms with Crippen LogP contribution in [0.15, 0.2) is 83.8 Å². The van der Waals surface area contributed by atoms with E-state index in [-0.39, 0.29) is 23.2 Å². The molecule has 0 fully saturated rings. The molecule has 10 heteroatoms. The Morgan fingerprint density at radius 2 is 1.61 bits per heavy atom. The zero-order valence-corrected chi connectivity index (χ0v) is 22.6. The van der Waals surface area contributed by atoms with Gasteiger partial charge in [0.2, 0.25) is 0 Å². The summed E-state index contributed by atoms with van der Waals surface area (Å²) >= 11 is 1.47. The van der Waals surface area contributed by atoms with E-state index in [1.165, 1.54) is 23.5 Å². The average molecular weight is 545 g/mol. The molecule has 1 amide bonds. The van der Waals surface area contributed by atoms with Crippen molar-refractivity contribution in [2.24, 2.45) is 0 Å². The van der Waals surface area contributed by atoms with Gasteiger partial charge in [0, 0.05) is 24.3 Å². The fourth-order valence-electron chi connectivity index (χ4n) is 3.73. The molecule has 7 nitrogen and oxygen atoms in total. The summed E-state index contributed by atoms with van der Waals surface area (Å²) in [6.45, 7) is 7.13. The molecule has 1 N–H and O–H groups in total. The van der Waals surface area contributed by atoms with Crippen LogP contribution in [0.3, 0.4) is 0 Å². The topological polar surface area (TPSA) is 82.6 Å². The first-order chi connectivity index (χ1) is 16.9. The van der Waals surface area contributed by atoms with Gasteiger partial charge >= 0.3 is 0 Å². The normalized spacial score (nSPS) is 11.3. The molecule has 0 spiro atoms. The molecule has 0 unspecified atom stereocenters. The van der Waals surface area contributed by atoms with Crippen LogP contribution in [0.5, 0.6) is 0 Å².